The summed E-state index contributed by atoms with van der Waals surface area (Å²) in [6, 6.07) is 7.50. The summed E-state index contributed by atoms with van der Waals surface area (Å²) in [6.07, 6.45) is 2.38. The minimum Gasteiger partial charge on any atom is -0.382 e. The fraction of sp³-hybridized carbons (Fsp3) is 0.182. The molecular formula is C11H13N3O2S. The zero-order chi connectivity index (χ0) is 12.6. The standard InChI is InChI=1S/C11H13N3O2S/c1-8-3-5-9(6-4-8)14-11(12)10(7-13-14)17(2,15)16/h3-7H,12H2,1-2H3. The first-order chi connectivity index (χ1) is 7.89. The van der Waals surface area contributed by atoms with Gasteiger partial charge in [-0.2, -0.15) is 5.10 Å². The van der Waals surface area contributed by atoms with Crippen LogP contribution in [0, 0.1) is 6.92 Å². The van der Waals surface area contributed by atoms with Crippen LogP contribution in [0.4, 0.5) is 5.82 Å². The fourth-order valence-corrected chi connectivity index (χ4v) is 2.23. The molecule has 1 heterocycles. The van der Waals surface area contributed by atoms with Crippen molar-refractivity contribution in [2.45, 2.75) is 11.8 Å². The van der Waals surface area contributed by atoms with Crippen LogP contribution >= 0.6 is 0 Å². The highest BCUT2D eigenvalue weighted by Gasteiger charge is 2.17. The van der Waals surface area contributed by atoms with E-state index in [-0.39, 0.29) is 10.7 Å². The van der Waals surface area contributed by atoms with Gasteiger partial charge in [-0.3, -0.25) is 0 Å². The largest absolute Gasteiger partial charge is 0.382 e. The molecule has 0 fully saturated rings. The second kappa shape index (κ2) is 3.89. The van der Waals surface area contributed by atoms with E-state index in [1.807, 2.05) is 31.2 Å². The van der Waals surface area contributed by atoms with E-state index in [9.17, 15) is 8.42 Å². The van der Waals surface area contributed by atoms with Gasteiger partial charge in [0.1, 0.15) is 10.7 Å². The van der Waals surface area contributed by atoms with Gasteiger partial charge in [-0.15, -0.1) is 0 Å². The molecule has 0 atom stereocenters. The summed E-state index contributed by atoms with van der Waals surface area (Å²) in [5, 5.41) is 3.99. The summed E-state index contributed by atoms with van der Waals surface area (Å²) >= 11 is 0. The summed E-state index contributed by atoms with van der Waals surface area (Å²) in [6.45, 7) is 1.97. The van der Waals surface area contributed by atoms with Crippen LogP contribution in [0.25, 0.3) is 5.69 Å². The third-order valence-electron chi connectivity index (χ3n) is 2.45. The molecule has 6 heteroatoms. The van der Waals surface area contributed by atoms with Crippen molar-refractivity contribution in [1.82, 2.24) is 9.78 Å². The molecule has 0 bridgehead atoms. The van der Waals surface area contributed by atoms with Crippen molar-refractivity contribution in [2.75, 3.05) is 12.0 Å². The Kier molecular flexibility index (Phi) is 2.66. The topological polar surface area (TPSA) is 78.0 Å². The molecule has 0 radical (unpaired) electrons. The molecule has 1 aromatic carbocycles. The van der Waals surface area contributed by atoms with Gasteiger partial charge in [0.15, 0.2) is 9.84 Å². The van der Waals surface area contributed by atoms with Crippen molar-refractivity contribution in [3.05, 3.63) is 36.0 Å². The maximum Gasteiger partial charge on any atom is 0.180 e. The Morgan fingerprint density at radius 1 is 1.24 bits per heavy atom. The number of aryl methyl sites for hydroxylation is 1. The molecule has 0 saturated carbocycles. The average molecular weight is 251 g/mol. The lowest BCUT2D eigenvalue weighted by Crippen LogP contribution is -2.05. The third kappa shape index (κ3) is 2.16. The summed E-state index contributed by atoms with van der Waals surface area (Å²) in [4.78, 5) is 0.0538. The Balaban J connectivity index is 2.55. The number of aromatic nitrogens is 2. The van der Waals surface area contributed by atoms with Crippen LogP contribution in [-0.4, -0.2) is 24.5 Å². The molecule has 5 nitrogen and oxygen atoms in total. The van der Waals surface area contributed by atoms with E-state index in [4.69, 9.17) is 5.73 Å². The van der Waals surface area contributed by atoms with Crippen LogP contribution in [-0.2, 0) is 9.84 Å². The average Bonchev–Trinajstić information content (AvgIpc) is 2.61. The van der Waals surface area contributed by atoms with Crippen molar-refractivity contribution >= 4 is 15.7 Å². The summed E-state index contributed by atoms with van der Waals surface area (Å²) in [7, 11) is -3.34. The second-order valence-electron chi connectivity index (χ2n) is 3.91. The number of hydrogen-bond acceptors (Lipinski definition) is 4. The van der Waals surface area contributed by atoms with E-state index in [2.05, 4.69) is 5.10 Å². The molecule has 17 heavy (non-hydrogen) atoms. The predicted molar refractivity (Wildman–Crippen MR) is 65.8 cm³/mol. The molecule has 2 rings (SSSR count). The first kappa shape index (κ1) is 11.7. The molecule has 1 aromatic heterocycles. The van der Waals surface area contributed by atoms with Gasteiger partial charge in [-0.05, 0) is 19.1 Å². The van der Waals surface area contributed by atoms with Gasteiger partial charge in [-0.25, -0.2) is 13.1 Å². The number of hydrogen-bond donors (Lipinski definition) is 1. The van der Waals surface area contributed by atoms with Crippen LogP contribution in [0.15, 0.2) is 35.4 Å². The predicted octanol–water partition coefficient (Wildman–Crippen LogP) is 1.17. The lowest BCUT2D eigenvalue weighted by molar-refractivity contribution is 0.602. The lowest BCUT2D eigenvalue weighted by atomic mass is 10.2. The maximum atomic E-state index is 11.4. The van der Waals surface area contributed by atoms with Crippen molar-refractivity contribution < 1.29 is 8.42 Å². The summed E-state index contributed by atoms with van der Waals surface area (Å²) < 4.78 is 24.3. The molecule has 0 aliphatic heterocycles. The van der Waals surface area contributed by atoms with Crippen molar-refractivity contribution in [1.29, 1.82) is 0 Å². The van der Waals surface area contributed by atoms with E-state index in [0.717, 1.165) is 17.5 Å². The molecule has 0 aliphatic rings. The molecule has 2 aromatic rings. The monoisotopic (exact) mass is 251 g/mol. The highest BCUT2D eigenvalue weighted by molar-refractivity contribution is 7.90. The Bertz CT molecular complexity index is 642. The maximum absolute atomic E-state index is 11.4. The quantitative estimate of drug-likeness (QED) is 0.869. The van der Waals surface area contributed by atoms with E-state index in [1.165, 1.54) is 10.9 Å². The van der Waals surface area contributed by atoms with Gasteiger partial charge in [-0.1, -0.05) is 17.7 Å². The Hall–Kier alpha value is -1.82. The third-order valence-corrected chi connectivity index (χ3v) is 3.56. The van der Waals surface area contributed by atoms with E-state index >= 15 is 0 Å². The van der Waals surface area contributed by atoms with Gasteiger partial charge in [0.05, 0.1) is 11.9 Å². The summed E-state index contributed by atoms with van der Waals surface area (Å²) in [5.41, 5.74) is 7.63. The Morgan fingerprint density at radius 2 is 1.82 bits per heavy atom. The van der Waals surface area contributed by atoms with Crippen molar-refractivity contribution in [2.24, 2.45) is 0 Å². The highest BCUT2D eigenvalue weighted by Crippen LogP contribution is 2.21. The van der Waals surface area contributed by atoms with E-state index in [1.54, 1.807) is 0 Å². The minimum absolute atomic E-state index is 0.0538. The first-order valence-corrected chi connectivity index (χ1v) is 6.89. The minimum atomic E-state index is -3.34. The van der Waals surface area contributed by atoms with Crippen molar-refractivity contribution in [3.8, 4) is 5.69 Å². The van der Waals surface area contributed by atoms with Gasteiger partial charge >= 0.3 is 0 Å². The Labute approximate surface area is 99.8 Å². The normalized spacial score (nSPS) is 11.6. The number of nitrogens with two attached hydrogens (primary N) is 1. The van der Waals surface area contributed by atoms with Crippen LogP contribution in [0.3, 0.4) is 0 Å². The molecular weight excluding hydrogens is 238 g/mol. The highest BCUT2D eigenvalue weighted by atomic mass is 32.2. The number of anilines is 1. The molecule has 0 saturated heterocycles. The smallest absolute Gasteiger partial charge is 0.180 e. The number of nitrogens with zero attached hydrogens (tertiary/aromatic N) is 2. The molecule has 0 spiro atoms. The Morgan fingerprint density at radius 3 is 2.29 bits per heavy atom. The van der Waals surface area contributed by atoms with Gasteiger partial charge in [0, 0.05) is 6.26 Å². The lowest BCUT2D eigenvalue weighted by Gasteiger charge is -2.04. The van der Waals surface area contributed by atoms with Crippen LogP contribution in [0.2, 0.25) is 0 Å². The molecule has 0 amide bonds. The number of sulfone groups is 1. The molecule has 90 valence electrons. The molecule has 0 unspecified atom stereocenters. The SMILES string of the molecule is Cc1ccc(-n2ncc(S(C)(=O)=O)c2N)cc1. The number of benzene rings is 1. The zero-order valence-corrected chi connectivity index (χ0v) is 10.4. The van der Waals surface area contributed by atoms with E-state index < -0.39 is 9.84 Å². The fourth-order valence-electron chi connectivity index (χ4n) is 1.52. The second-order valence-corrected chi connectivity index (χ2v) is 5.90. The first-order valence-electron chi connectivity index (χ1n) is 5.00. The molecule has 2 N–H and O–H groups in total. The zero-order valence-electron chi connectivity index (χ0n) is 9.58. The molecule has 0 aliphatic carbocycles. The number of rotatable bonds is 2. The van der Waals surface area contributed by atoms with Gasteiger partial charge in [0.25, 0.3) is 0 Å². The van der Waals surface area contributed by atoms with Crippen molar-refractivity contribution in [3.63, 3.8) is 0 Å². The van der Waals surface area contributed by atoms with Crippen LogP contribution < -0.4 is 5.73 Å². The number of nitrogen functional groups attached to an aromatic ring is 1. The summed E-state index contributed by atoms with van der Waals surface area (Å²) in [5.74, 6) is 0.136. The van der Waals surface area contributed by atoms with Gasteiger partial charge in [0.2, 0.25) is 0 Å². The van der Waals surface area contributed by atoms with E-state index in [0.29, 0.717) is 0 Å². The van der Waals surface area contributed by atoms with Gasteiger partial charge < -0.3 is 5.73 Å². The van der Waals surface area contributed by atoms with Crippen LogP contribution in [0.1, 0.15) is 5.56 Å². The van der Waals surface area contributed by atoms with Crippen LogP contribution in [0.5, 0.6) is 0 Å².